The first-order chi connectivity index (χ1) is 10.1. The van der Waals surface area contributed by atoms with Crippen LogP contribution in [0.15, 0.2) is 23.1 Å². The van der Waals surface area contributed by atoms with Crippen LogP contribution in [0.25, 0.3) is 0 Å². The minimum atomic E-state index is -1.32. The minimum Gasteiger partial charge on any atom is -0.478 e. The third kappa shape index (κ3) is 4.71. The molecule has 1 aliphatic heterocycles. The van der Waals surface area contributed by atoms with Crippen molar-refractivity contribution in [1.29, 1.82) is 0 Å². The fourth-order valence-corrected chi connectivity index (χ4v) is 2.76. The number of carbonyl (C=O) groups is 2. The van der Waals surface area contributed by atoms with Crippen LogP contribution in [-0.4, -0.2) is 42.0 Å². The lowest BCUT2D eigenvalue weighted by Gasteiger charge is -2.10. The lowest BCUT2D eigenvalue weighted by atomic mass is 10.2. The summed E-state index contributed by atoms with van der Waals surface area (Å²) in [5.74, 6) is -2.11. The van der Waals surface area contributed by atoms with Gasteiger partial charge in [0, 0.05) is 18.0 Å². The first-order valence-corrected chi connectivity index (χ1v) is 7.59. The molecule has 1 aromatic carbocycles. The van der Waals surface area contributed by atoms with Crippen molar-refractivity contribution < 1.29 is 23.8 Å². The summed E-state index contributed by atoms with van der Waals surface area (Å²) >= 11 is 1.17. The number of thioether (sulfide) groups is 1. The summed E-state index contributed by atoms with van der Waals surface area (Å²) in [6.45, 7) is 1.23. The van der Waals surface area contributed by atoms with Crippen LogP contribution in [-0.2, 0) is 9.53 Å². The van der Waals surface area contributed by atoms with Gasteiger partial charge in [-0.1, -0.05) is 0 Å². The fraction of sp³-hybridized carbons (Fsp3) is 0.429. The van der Waals surface area contributed by atoms with E-state index in [4.69, 9.17) is 9.84 Å². The van der Waals surface area contributed by atoms with Crippen LogP contribution >= 0.6 is 11.8 Å². The van der Waals surface area contributed by atoms with E-state index in [2.05, 4.69) is 5.32 Å². The number of halogens is 1. The Morgan fingerprint density at radius 1 is 1.48 bits per heavy atom. The third-order valence-corrected chi connectivity index (χ3v) is 4.08. The Morgan fingerprint density at radius 2 is 2.29 bits per heavy atom. The van der Waals surface area contributed by atoms with E-state index in [1.54, 1.807) is 0 Å². The van der Waals surface area contributed by atoms with Crippen LogP contribution in [0.1, 0.15) is 23.2 Å². The maximum atomic E-state index is 13.2. The number of carboxylic acids is 1. The van der Waals surface area contributed by atoms with Crippen LogP contribution in [0.5, 0.6) is 0 Å². The van der Waals surface area contributed by atoms with Gasteiger partial charge in [-0.3, -0.25) is 4.79 Å². The molecule has 7 heteroatoms. The number of hydrogen-bond donors (Lipinski definition) is 2. The highest BCUT2D eigenvalue weighted by Crippen LogP contribution is 2.21. The maximum Gasteiger partial charge on any atom is 0.338 e. The van der Waals surface area contributed by atoms with Crippen molar-refractivity contribution in [3.05, 3.63) is 29.6 Å². The number of ether oxygens (including phenoxy) is 1. The molecule has 21 heavy (non-hydrogen) atoms. The quantitative estimate of drug-likeness (QED) is 0.785. The minimum absolute atomic E-state index is 0.0865. The largest absolute Gasteiger partial charge is 0.478 e. The second-order valence-electron chi connectivity index (χ2n) is 4.67. The van der Waals surface area contributed by atoms with Crippen LogP contribution in [0, 0.1) is 5.82 Å². The van der Waals surface area contributed by atoms with E-state index in [1.807, 2.05) is 0 Å². The molecule has 1 unspecified atom stereocenters. The van der Waals surface area contributed by atoms with E-state index >= 15 is 0 Å². The van der Waals surface area contributed by atoms with Crippen molar-refractivity contribution >= 4 is 23.6 Å². The predicted octanol–water partition coefficient (Wildman–Crippen LogP) is 1.91. The summed E-state index contributed by atoms with van der Waals surface area (Å²) in [6.07, 6.45) is 2.05. The van der Waals surface area contributed by atoms with Gasteiger partial charge in [-0.25, -0.2) is 9.18 Å². The first kappa shape index (κ1) is 15.8. The third-order valence-electron chi connectivity index (χ3n) is 3.09. The molecule has 5 nitrogen and oxygen atoms in total. The molecular formula is C14H16FNO4S. The van der Waals surface area contributed by atoms with E-state index < -0.39 is 11.8 Å². The standard InChI is InChI=1S/C14H16FNO4S/c15-12-4-3-10(6-11(12)14(18)19)21-8-13(17)16-7-9-2-1-5-20-9/h3-4,6,9H,1-2,5,7-8H2,(H,16,17)(H,18,19). The van der Waals surface area contributed by atoms with Crippen molar-refractivity contribution in [3.8, 4) is 0 Å². The number of nitrogens with one attached hydrogen (secondary N) is 1. The number of carbonyl (C=O) groups excluding carboxylic acids is 1. The zero-order valence-corrected chi connectivity index (χ0v) is 12.1. The lowest BCUT2D eigenvalue weighted by molar-refractivity contribution is -0.119. The highest BCUT2D eigenvalue weighted by atomic mass is 32.2. The molecule has 0 aliphatic carbocycles. The van der Waals surface area contributed by atoms with Gasteiger partial charge >= 0.3 is 5.97 Å². The average Bonchev–Trinajstić information content (AvgIpc) is 2.97. The topological polar surface area (TPSA) is 75.6 Å². The molecule has 1 atom stereocenters. The molecule has 1 amide bonds. The molecule has 1 aliphatic rings. The van der Waals surface area contributed by atoms with Gasteiger partial charge in [-0.2, -0.15) is 0 Å². The normalized spacial score (nSPS) is 17.7. The number of aromatic carboxylic acids is 1. The molecule has 2 N–H and O–H groups in total. The molecule has 114 valence electrons. The summed E-state index contributed by atoms with van der Waals surface area (Å²) in [5, 5.41) is 11.6. The smallest absolute Gasteiger partial charge is 0.338 e. The zero-order valence-electron chi connectivity index (χ0n) is 11.3. The van der Waals surface area contributed by atoms with Crippen molar-refractivity contribution in [3.63, 3.8) is 0 Å². The molecule has 1 heterocycles. The lowest BCUT2D eigenvalue weighted by Crippen LogP contribution is -2.32. The Hall–Kier alpha value is -1.60. The Bertz CT molecular complexity index is 532. The monoisotopic (exact) mass is 313 g/mol. The summed E-state index contributed by atoms with van der Waals surface area (Å²) in [6, 6.07) is 3.78. The highest BCUT2D eigenvalue weighted by molar-refractivity contribution is 8.00. The highest BCUT2D eigenvalue weighted by Gasteiger charge is 2.16. The molecule has 0 aromatic heterocycles. The van der Waals surface area contributed by atoms with E-state index in [0.29, 0.717) is 11.4 Å². The SMILES string of the molecule is O=C(CSc1ccc(F)c(C(=O)O)c1)NCC1CCCO1. The molecule has 1 fully saturated rings. The van der Waals surface area contributed by atoms with E-state index in [1.165, 1.54) is 23.9 Å². The Kier molecular flexibility index (Phi) is 5.58. The molecule has 0 saturated carbocycles. The zero-order chi connectivity index (χ0) is 15.2. The predicted molar refractivity (Wildman–Crippen MR) is 76.1 cm³/mol. The van der Waals surface area contributed by atoms with Gasteiger partial charge in [-0.15, -0.1) is 11.8 Å². The summed E-state index contributed by atoms with van der Waals surface area (Å²) in [4.78, 5) is 23.0. The van der Waals surface area contributed by atoms with Crippen LogP contribution in [0.4, 0.5) is 4.39 Å². The van der Waals surface area contributed by atoms with Crippen LogP contribution in [0.3, 0.4) is 0 Å². The van der Waals surface area contributed by atoms with E-state index in [-0.39, 0.29) is 23.3 Å². The van der Waals surface area contributed by atoms with Crippen molar-refractivity contribution in [2.45, 2.75) is 23.8 Å². The Balaban J connectivity index is 1.80. The number of amides is 1. The Labute approximate surface area is 125 Å². The van der Waals surface area contributed by atoms with Gasteiger partial charge in [0.2, 0.25) is 5.91 Å². The van der Waals surface area contributed by atoms with E-state index in [9.17, 15) is 14.0 Å². The molecule has 2 rings (SSSR count). The number of carboxylic acid groups (broad SMARTS) is 1. The average molecular weight is 313 g/mol. The Morgan fingerprint density at radius 3 is 2.95 bits per heavy atom. The molecule has 1 saturated heterocycles. The molecule has 0 bridgehead atoms. The number of benzene rings is 1. The van der Waals surface area contributed by atoms with Crippen molar-refractivity contribution in [2.24, 2.45) is 0 Å². The molecule has 1 aromatic rings. The molecule has 0 spiro atoms. The van der Waals surface area contributed by atoms with Crippen molar-refractivity contribution in [2.75, 3.05) is 18.9 Å². The van der Waals surface area contributed by atoms with Gasteiger partial charge < -0.3 is 15.2 Å². The van der Waals surface area contributed by atoms with E-state index in [0.717, 1.165) is 25.5 Å². The maximum absolute atomic E-state index is 13.2. The second kappa shape index (κ2) is 7.42. The van der Waals surface area contributed by atoms with Gasteiger partial charge in [0.15, 0.2) is 0 Å². The number of hydrogen-bond acceptors (Lipinski definition) is 4. The van der Waals surface area contributed by atoms with Crippen molar-refractivity contribution in [1.82, 2.24) is 5.32 Å². The summed E-state index contributed by atoms with van der Waals surface area (Å²) in [5.41, 5.74) is -0.389. The molecular weight excluding hydrogens is 297 g/mol. The summed E-state index contributed by atoms with van der Waals surface area (Å²) in [7, 11) is 0. The first-order valence-electron chi connectivity index (χ1n) is 6.60. The van der Waals surface area contributed by atoms with Gasteiger partial charge in [0.05, 0.1) is 17.4 Å². The fourth-order valence-electron chi connectivity index (χ4n) is 1.99. The molecule has 0 radical (unpaired) electrons. The van der Waals surface area contributed by atoms with Crippen LogP contribution < -0.4 is 5.32 Å². The van der Waals surface area contributed by atoms with Gasteiger partial charge in [0.1, 0.15) is 5.82 Å². The van der Waals surface area contributed by atoms with Crippen LogP contribution in [0.2, 0.25) is 0 Å². The van der Waals surface area contributed by atoms with Gasteiger partial charge in [-0.05, 0) is 31.0 Å². The second-order valence-corrected chi connectivity index (χ2v) is 5.72. The number of rotatable bonds is 6. The van der Waals surface area contributed by atoms with Gasteiger partial charge in [0.25, 0.3) is 0 Å². The summed E-state index contributed by atoms with van der Waals surface area (Å²) < 4.78 is 18.6.